The number of nitrogens with one attached hydrogen (secondary N) is 1. The lowest BCUT2D eigenvalue weighted by Crippen LogP contribution is -1.98. The molecular weight excluding hydrogens is 416 g/mol. The molecule has 0 saturated carbocycles. The molecule has 140 valence electrons. The third-order valence-electron chi connectivity index (χ3n) is 4.60. The highest BCUT2D eigenvalue weighted by Crippen LogP contribution is 2.35. The van der Waals surface area contributed by atoms with Gasteiger partial charge in [0.25, 0.3) is 0 Å². The molecule has 5 nitrogen and oxygen atoms in total. The van der Waals surface area contributed by atoms with Gasteiger partial charge in [-0.15, -0.1) is 5.10 Å². The molecule has 1 N–H and O–H groups in total. The van der Waals surface area contributed by atoms with Crippen LogP contribution in [0.4, 0.5) is 0 Å². The second kappa shape index (κ2) is 8.35. The molecule has 0 aliphatic heterocycles. The predicted molar refractivity (Wildman–Crippen MR) is 113 cm³/mol. The lowest BCUT2D eigenvalue weighted by atomic mass is 9.97. The van der Waals surface area contributed by atoms with Crippen molar-refractivity contribution >= 4 is 15.9 Å². The fourth-order valence-electron chi connectivity index (χ4n) is 3.13. The highest BCUT2D eigenvalue weighted by molar-refractivity contribution is 9.10. The first-order valence-corrected chi connectivity index (χ1v) is 9.87. The van der Waals surface area contributed by atoms with E-state index in [0.29, 0.717) is 12.4 Å². The fraction of sp³-hybridized carbons (Fsp3) is 0.136. The van der Waals surface area contributed by atoms with Gasteiger partial charge in [-0.1, -0.05) is 71.4 Å². The van der Waals surface area contributed by atoms with Crippen molar-refractivity contribution in [3.63, 3.8) is 0 Å². The fourth-order valence-corrected chi connectivity index (χ4v) is 3.49. The normalized spacial score (nSPS) is 10.8. The lowest BCUT2D eigenvalue weighted by Gasteiger charge is -2.15. The zero-order chi connectivity index (χ0) is 19.3. The second-order valence-corrected chi connectivity index (χ2v) is 7.30. The highest BCUT2D eigenvalue weighted by atomic mass is 79.9. The van der Waals surface area contributed by atoms with Crippen LogP contribution in [0.15, 0.2) is 71.2 Å². The van der Waals surface area contributed by atoms with Crippen molar-refractivity contribution < 1.29 is 4.74 Å². The van der Waals surface area contributed by atoms with Gasteiger partial charge in [0, 0.05) is 15.6 Å². The first-order chi connectivity index (χ1) is 13.7. The molecule has 0 amide bonds. The molecule has 0 aliphatic carbocycles. The SMILES string of the molecule is CCc1ccccc1-c1cc(Br)ccc1OCc1ccc(-c2nnn[nH]2)cc1. The molecule has 0 spiro atoms. The van der Waals surface area contributed by atoms with Crippen molar-refractivity contribution in [1.82, 2.24) is 20.6 Å². The minimum Gasteiger partial charge on any atom is -0.488 e. The number of ether oxygens (including phenoxy) is 1. The summed E-state index contributed by atoms with van der Waals surface area (Å²) in [6, 6.07) is 22.6. The van der Waals surface area contributed by atoms with E-state index in [1.54, 1.807) is 0 Å². The summed E-state index contributed by atoms with van der Waals surface area (Å²) < 4.78 is 7.23. The predicted octanol–water partition coefficient (Wildman–Crippen LogP) is 5.44. The number of halogens is 1. The smallest absolute Gasteiger partial charge is 0.179 e. The van der Waals surface area contributed by atoms with Crippen LogP contribution in [-0.4, -0.2) is 20.6 Å². The number of aromatic amines is 1. The van der Waals surface area contributed by atoms with Gasteiger partial charge in [-0.2, -0.15) is 0 Å². The molecule has 0 bridgehead atoms. The number of hydrogen-bond acceptors (Lipinski definition) is 4. The molecule has 0 saturated heterocycles. The van der Waals surface area contributed by atoms with Gasteiger partial charge >= 0.3 is 0 Å². The van der Waals surface area contributed by atoms with E-state index in [9.17, 15) is 0 Å². The van der Waals surface area contributed by atoms with Crippen molar-refractivity contribution in [3.05, 3.63) is 82.3 Å². The molecule has 3 aromatic carbocycles. The van der Waals surface area contributed by atoms with Crippen LogP contribution in [-0.2, 0) is 13.0 Å². The lowest BCUT2D eigenvalue weighted by molar-refractivity contribution is 0.307. The summed E-state index contributed by atoms with van der Waals surface area (Å²) in [6.07, 6.45) is 0.972. The highest BCUT2D eigenvalue weighted by Gasteiger charge is 2.11. The number of hydrogen-bond donors (Lipinski definition) is 1. The topological polar surface area (TPSA) is 63.7 Å². The zero-order valence-corrected chi connectivity index (χ0v) is 17.0. The van der Waals surface area contributed by atoms with Gasteiger partial charge in [0.15, 0.2) is 5.82 Å². The number of tetrazole rings is 1. The van der Waals surface area contributed by atoms with Gasteiger partial charge in [0.2, 0.25) is 0 Å². The Morgan fingerprint density at radius 2 is 1.79 bits per heavy atom. The molecule has 28 heavy (non-hydrogen) atoms. The Balaban J connectivity index is 1.57. The van der Waals surface area contributed by atoms with Crippen molar-refractivity contribution in [2.24, 2.45) is 0 Å². The molecule has 0 unspecified atom stereocenters. The van der Waals surface area contributed by atoms with E-state index in [2.05, 4.69) is 73.8 Å². The standard InChI is InChI=1S/C22H19BrN4O/c1-2-16-5-3-4-6-19(16)20-13-18(23)11-12-21(20)28-14-15-7-9-17(10-8-15)22-24-26-27-25-22/h3-13H,2,14H2,1H3,(H,24,25,26,27). The van der Waals surface area contributed by atoms with Crippen LogP contribution in [0, 0.1) is 0 Å². The maximum Gasteiger partial charge on any atom is 0.179 e. The van der Waals surface area contributed by atoms with Crippen LogP contribution in [0.5, 0.6) is 5.75 Å². The van der Waals surface area contributed by atoms with Gasteiger partial charge in [-0.3, -0.25) is 0 Å². The Kier molecular flexibility index (Phi) is 5.48. The molecule has 0 atom stereocenters. The average molecular weight is 435 g/mol. The quantitative estimate of drug-likeness (QED) is 0.438. The summed E-state index contributed by atoms with van der Waals surface area (Å²) in [5.41, 5.74) is 5.62. The molecule has 6 heteroatoms. The van der Waals surface area contributed by atoms with Crippen LogP contribution < -0.4 is 4.74 Å². The summed E-state index contributed by atoms with van der Waals surface area (Å²) >= 11 is 3.59. The number of nitrogens with zero attached hydrogens (tertiary/aromatic N) is 3. The van der Waals surface area contributed by atoms with Crippen LogP contribution in [0.25, 0.3) is 22.5 Å². The number of H-pyrrole nitrogens is 1. The van der Waals surface area contributed by atoms with Crippen LogP contribution in [0.1, 0.15) is 18.1 Å². The summed E-state index contributed by atoms with van der Waals surface area (Å²) in [5, 5.41) is 13.9. The molecule has 4 rings (SSSR count). The number of aromatic nitrogens is 4. The third-order valence-corrected chi connectivity index (χ3v) is 5.09. The number of aryl methyl sites for hydroxylation is 1. The molecular formula is C22H19BrN4O. The molecule has 0 aliphatic rings. The van der Waals surface area contributed by atoms with Crippen molar-refractivity contribution in [2.75, 3.05) is 0 Å². The Morgan fingerprint density at radius 1 is 0.964 bits per heavy atom. The van der Waals surface area contributed by atoms with E-state index in [1.807, 2.05) is 36.4 Å². The zero-order valence-electron chi connectivity index (χ0n) is 15.4. The minimum absolute atomic E-state index is 0.484. The van der Waals surface area contributed by atoms with E-state index in [0.717, 1.165) is 33.3 Å². The van der Waals surface area contributed by atoms with Crippen LogP contribution >= 0.6 is 15.9 Å². The number of rotatable bonds is 6. The van der Waals surface area contributed by atoms with Crippen molar-refractivity contribution in [3.8, 4) is 28.3 Å². The summed E-state index contributed by atoms with van der Waals surface area (Å²) in [6.45, 7) is 2.65. The summed E-state index contributed by atoms with van der Waals surface area (Å²) in [7, 11) is 0. The Bertz CT molecular complexity index is 1060. The van der Waals surface area contributed by atoms with E-state index >= 15 is 0 Å². The third kappa shape index (κ3) is 3.97. The van der Waals surface area contributed by atoms with Crippen LogP contribution in [0.3, 0.4) is 0 Å². The first kappa shape index (κ1) is 18.4. The molecule has 4 aromatic rings. The maximum atomic E-state index is 6.19. The van der Waals surface area contributed by atoms with E-state index < -0.39 is 0 Å². The van der Waals surface area contributed by atoms with E-state index in [-0.39, 0.29) is 0 Å². The minimum atomic E-state index is 0.484. The molecule has 1 aromatic heterocycles. The first-order valence-electron chi connectivity index (χ1n) is 9.08. The molecule has 1 heterocycles. The Hall–Kier alpha value is -2.99. The van der Waals surface area contributed by atoms with Crippen molar-refractivity contribution in [2.45, 2.75) is 20.0 Å². The van der Waals surface area contributed by atoms with Gasteiger partial charge in [0.1, 0.15) is 12.4 Å². The largest absolute Gasteiger partial charge is 0.488 e. The number of benzene rings is 3. The second-order valence-electron chi connectivity index (χ2n) is 6.39. The summed E-state index contributed by atoms with van der Waals surface area (Å²) in [5.74, 6) is 1.52. The van der Waals surface area contributed by atoms with Crippen LogP contribution in [0.2, 0.25) is 0 Å². The Morgan fingerprint density at radius 3 is 2.54 bits per heavy atom. The monoisotopic (exact) mass is 434 g/mol. The van der Waals surface area contributed by atoms with Crippen molar-refractivity contribution in [1.29, 1.82) is 0 Å². The average Bonchev–Trinajstić information content (AvgIpc) is 3.28. The van der Waals surface area contributed by atoms with Gasteiger partial charge in [-0.25, -0.2) is 5.10 Å². The molecule has 0 fully saturated rings. The Labute approximate surface area is 171 Å². The molecule has 0 radical (unpaired) electrons. The van der Waals surface area contributed by atoms with Gasteiger partial charge < -0.3 is 4.74 Å². The van der Waals surface area contributed by atoms with E-state index in [1.165, 1.54) is 11.1 Å². The van der Waals surface area contributed by atoms with Gasteiger partial charge in [0.05, 0.1) is 0 Å². The maximum absolute atomic E-state index is 6.19. The van der Waals surface area contributed by atoms with E-state index in [4.69, 9.17) is 4.74 Å². The summed E-state index contributed by atoms with van der Waals surface area (Å²) in [4.78, 5) is 0. The van der Waals surface area contributed by atoms with Gasteiger partial charge in [-0.05, 0) is 51.7 Å².